The van der Waals surface area contributed by atoms with E-state index in [9.17, 15) is 4.79 Å². The van der Waals surface area contributed by atoms with Gasteiger partial charge >= 0.3 is 0 Å². The largest absolute Gasteiger partial charge is 0.352 e. The highest BCUT2D eigenvalue weighted by Crippen LogP contribution is 2.17. The second kappa shape index (κ2) is 8.21. The summed E-state index contributed by atoms with van der Waals surface area (Å²) in [5.41, 5.74) is 2.38. The van der Waals surface area contributed by atoms with E-state index in [0.717, 1.165) is 43.9 Å². The van der Waals surface area contributed by atoms with Crippen LogP contribution in [0.5, 0.6) is 0 Å². The molecule has 5 nitrogen and oxygen atoms in total. The maximum atomic E-state index is 12.3. The molecule has 0 bridgehead atoms. The molecular weight excluding hydrogens is 312 g/mol. The normalized spacial score (nSPS) is 17.8. The fourth-order valence-electron chi connectivity index (χ4n) is 3.31. The Hall–Kier alpha value is -2.27. The van der Waals surface area contributed by atoms with Gasteiger partial charge in [0.1, 0.15) is 0 Å². The summed E-state index contributed by atoms with van der Waals surface area (Å²) in [6.45, 7) is 8.59. The molecule has 0 spiro atoms. The van der Waals surface area contributed by atoms with Crippen LogP contribution < -0.4 is 5.32 Å². The molecule has 2 aromatic rings. The Morgan fingerprint density at radius 3 is 2.88 bits per heavy atom. The zero-order chi connectivity index (χ0) is 17.6. The van der Waals surface area contributed by atoms with Gasteiger partial charge in [0.25, 0.3) is 5.91 Å². The number of rotatable bonds is 6. The lowest BCUT2D eigenvalue weighted by atomic mass is 10.1. The summed E-state index contributed by atoms with van der Waals surface area (Å²) in [6, 6.07) is 7.52. The third kappa shape index (κ3) is 4.86. The van der Waals surface area contributed by atoms with Crippen LogP contribution in [0.25, 0.3) is 11.3 Å². The molecule has 1 aliphatic heterocycles. The van der Waals surface area contributed by atoms with Gasteiger partial charge in [-0.05, 0) is 49.1 Å². The van der Waals surface area contributed by atoms with Gasteiger partial charge in [-0.25, -0.2) is 0 Å². The first-order valence-corrected chi connectivity index (χ1v) is 8.99. The highest BCUT2D eigenvalue weighted by atomic mass is 16.1. The summed E-state index contributed by atoms with van der Waals surface area (Å²) < 4.78 is 0. The van der Waals surface area contributed by atoms with Crippen molar-refractivity contribution < 1.29 is 4.79 Å². The molecule has 1 fully saturated rings. The van der Waals surface area contributed by atoms with E-state index in [2.05, 4.69) is 34.0 Å². The molecule has 1 saturated heterocycles. The van der Waals surface area contributed by atoms with Crippen LogP contribution in [0.15, 0.2) is 42.9 Å². The number of likely N-dealkylation sites (tertiary alicyclic amines) is 1. The van der Waals surface area contributed by atoms with Crippen LogP contribution in [0.4, 0.5) is 0 Å². The van der Waals surface area contributed by atoms with E-state index in [1.54, 1.807) is 18.6 Å². The van der Waals surface area contributed by atoms with Crippen molar-refractivity contribution >= 4 is 5.91 Å². The molecule has 132 valence electrons. The summed E-state index contributed by atoms with van der Waals surface area (Å²) in [4.78, 5) is 23.3. The van der Waals surface area contributed by atoms with Gasteiger partial charge < -0.3 is 10.2 Å². The predicted octanol–water partition coefficient (Wildman–Crippen LogP) is 2.85. The smallest absolute Gasteiger partial charge is 0.252 e. The first kappa shape index (κ1) is 17.5. The number of hydrogen-bond acceptors (Lipinski definition) is 4. The molecule has 1 amide bonds. The van der Waals surface area contributed by atoms with Gasteiger partial charge in [-0.1, -0.05) is 13.8 Å². The first-order chi connectivity index (χ1) is 12.1. The van der Waals surface area contributed by atoms with Gasteiger partial charge in [0.15, 0.2) is 0 Å². The Kier molecular flexibility index (Phi) is 5.76. The van der Waals surface area contributed by atoms with Crippen molar-refractivity contribution in [3.8, 4) is 11.3 Å². The molecule has 0 radical (unpaired) electrons. The standard InChI is InChI=1S/C20H26N4O/c1-15(2)13-24-9-7-16(14-24)10-23-20(25)18-5-6-19(22-12-18)17-4-3-8-21-11-17/h3-6,8,11-12,15-16H,7,9-10,13-14H2,1-2H3,(H,23,25)/t16-/m1/s1. The summed E-state index contributed by atoms with van der Waals surface area (Å²) in [5, 5.41) is 3.06. The molecule has 0 aromatic carbocycles. The number of carbonyl (C=O) groups excluding carboxylic acids is 1. The second-order valence-electron chi connectivity index (χ2n) is 7.19. The molecule has 1 N–H and O–H groups in total. The molecule has 25 heavy (non-hydrogen) atoms. The maximum Gasteiger partial charge on any atom is 0.252 e. The van der Waals surface area contributed by atoms with Crippen molar-refractivity contribution in [1.82, 2.24) is 20.2 Å². The van der Waals surface area contributed by atoms with Gasteiger partial charge in [0, 0.05) is 43.8 Å². The van der Waals surface area contributed by atoms with Crippen molar-refractivity contribution in [2.24, 2.45) is 11.8 Å². The number of aromatic nitrogens is 2. The minimum absolute atomic E-state index is 0.0486. The Balaban J connectivity index is 1.50. The SMILES string of the molecule is CC(C)CN1CC[C@H](CNC(=O)c2ccc(-c3cccnc3)nc2)C1. The van der Waals surface area contributed by atoms with Crippen molar-refractivity contribution in [3.63, 3.8) is 0 Å². The van der Waals surface area contributed by atoms with Gasteiger partial charge in [-0.3, -0.25) is 14.8 Å². The monoisotopic (exact) mass is 338 g/mol. The van der Waals surface area contributed by atoms with Crippen molar-refractivity contribution in [3.05, 3.63) is 48.4 Å². The summed E-state index contributed by atoms with van der Waals surface area (Å²) in [5.74, 6) is 1.19. The Morgan fingerprint density at radius 2 is 2.20 bits per heavy atom. The number of hydrogen-bond donors (Lipinski definition) is 1. The average Bonchev–Trinajstić information content (AvgIpc) is 3.07. The minimum atomic E-state index is -0.0486. The molecule has 3 rings (SSSR count). The zero-order valence-electron chi connectivity index (χ0n) is 15.0. The molecule has 2 aromatic heterocycles. The number of carbonyl (C=O) groups is 1. The van der Waals surface area contributed by atoms with Crippen LogP contribution in [0, 0.1) is 11.8 Å². The molecule has 0 saturated carbocycles. The third-order valence-electron chi connectivity index (χ3n) is 4.53. The summed E-state index contributed by atoms with van der Waals surface area (Å²) in [7, 11) is 0. The fraction of sp³-hybridized carbons (Fsp3) is 0.450. The number of amides is 1. The summed E-state index contributed by atoms with van der Waals surface area (Å²) in [6.07, 6.45) is 6.30. The highest BCUT2D eigenvalue weighted by molar-refractivity contribution is 5.94. The van der Waals surface area contributed by atoms with Crippen molar-refractivity contribution in [1.29, 1.82) is 0 Å². The quantitative estimate of drug-likeness (QED) is 0.880. The van der Waals surface area contributed by atoms with Gasteiger partial charge in [-0.15, -0.1) is 0 Å². The van der Waals surface area contributed by atoms with E-state index >= 15 is 0 Å². The Bertz CT molecular complexity index is 685. The predicted molar refractivity (Wildman–Crippen MR) is 99.2 cm³/mol. The van der Waals surface area contributed by atoms with Crippen LogP contribution in [-0.4, -0.2) is 47.0 Å². The lowest BCUT2D eigenvalue weighted by molar-refractivity contribution is 0.0947. The minimum Gasteiger partial charge on any atom is -0.352 e. The van der Waals surface area contributed by atoms with E-state index in [1.165, 1.54) is 0 Å². The van der Waals surface area contributed by atoms with Crippen LogP contribution in [0.2, 0.25) is 0 Å². The topological polar surface area (TPSA) is 58.1 Å². The first-order valence-electron chi connectivity index (χ1n) is 8.99. The summed E-state index contributed by atoms with van der Waals surface area (Å²) >= 11 is 0. The zero-order valence-corrected chi connectivity index (χ0v) is 15.0. The van der Waals surface area contributed by atoms with E-state index < -0.39 is 0 Å². The van der Waals surface area contributed by atoms with E-state index in [1.807, 2.05) is 24.3 Å². The van der Waals surface area contributed by atoms with Crippen LogP contribution in [0.1, 0.15) is 30.6 Å². The molecule has 0 unspecified atom stereocenters. The Morgan fingerprint density at radius 1 is 1.32 bits per heavy atom. The number of nitrogens with one attached hydrogen (secondary N) is 1. The fourth-order valence-corrected chi connectivity index (χ4v) is 3.31. The maximum absolute atomic E-state index is 12.3. The van der Waals surface area contributed by atoms with Crippen LogP contribution in [-0.2, 0) is 0 Å². The second-order valence-corrected chi connectivity index (χ2v) is 7.19. The van der Waals surface area contributed by atoms with Gasteiger partial charge in [0.2, 0.25) is 0 Å². The lowest BCUT2D eigenvalue weighted by Crippen LogP contribution is -2.31. The molecule has 1 atom stereocenters. The Labute approximate surface area is 149 Å². The number of pyridine rings is 2. The molecule has 3 heterocycles. The molecule has 1 aliphatic rings. The van der Waals surface area contributed by atoms with Crippen LogP contribution >= 0.6 is 0 Å². The highest BCUT2D eigenvalue weighted by Gasteiger charge is 2.23. The van der Waals surface area contributed by atoms with Crippen molar-refractivity contribution in [2.75, 3.05) is 26.2 Å². The molecule has 5 heteroatoms. The third-order valence-corrected chi connectivity index (χ3v) is 4.53. The van der Waals surface area contributed by atoms with E-state index in [-0.39, 0.29) is 5.91 Å². The van der Waals surface area contributed by atoms with Gasteiger partial charge in [-0.2, -0.15) is 0 Å². The number of nitrogens with zero attached hydrogens (tertiary/aromatic N) is 3. The van der Waals surface area contributed by atoms with Gasteiger partial charge in [0.05, 0.1) is 11.3 Å². The molecule has 0 aliphatic carbocycles. The lowest BCUT2D eigenvalue weighted by Gasteiger charge is -2.18. The average molecular weight is 338 g/mol. The van der Waals surface area contributed by atoms with E-state index in [0.29, 0.717) is 17.4 Å². The van der Waals surface area contributed by atoms with Crippen LogP contribution in [0.3, 0.4) is 0 Å². The molecular formula is C20H26N4O. The van der Waals surface area contributed by atoms with Crippen molar-refractivity contribution in [2.45, 2.75) is 20.3 Å². The van der Waals surface area contributed by atoms with E-state index in [4.69, 9.17) is 0 Å².